The van der Waals surface area contributed by atoms with Gasteiger partial charge in [-0.2, -0.15) is 0 Å². The largest absolute Gasteiger partial charge is 0.497 e. The Bertz CT molecular complexity index is 1040. The molecule has 2 amide bonds. The van der Waals surface area contributed by atoms with E-state index in [2.05, 4.69) is 10.3 Å². The summed E-state index contributed by atoms with van der Waals surface area (Å²) in [6.45, 7) is -0.213. The highest BCUT2D eigenvalue weighted by atomic mass is 16.5. The zero-order valence-electron chi connectivity index (χ0n) is 15.4. The van der Waals surface area contributed by atoms with Gasteiger partial charge in [-0.3, -0.25) is 14.4 Å². The van der Waals surface area contributed by atoms with Gasteiger partial charge in [0.05, 0.1) is 25.6 Å². The molecule has 8 nitrogen and oxygen atoms in total. The van der Waals surface area contributed by atoms with Gasteiger partial charge < -0.3 is 24.4 Å². The number of anilines is 1. The molecule has 3 aromatic rings. The molecule has 8 heteroatoms. The van der Waals surface area contributed by atoms with E-state index in [-0.39, 0.29) is 12.1 Å². The average Bonchev–Trinajstić information content (AvgIpc) is 3.22. The molecule has 1 aromatic carbocycles. The van der Waals surface area contributed by atoms with E-state index < -0.39 is 17.4 Å². The van der Waals surface area contributed by atoms with Crippen molar-refractivity contribution < 1.29 is 18.7 Å². The van der Waals surface area contributed by atoms with Crippen LogP contribution in [-0.2, 0) is 4.79 Å². The second-order valence-corrected chi connectivity index (χ2v) is 6.03. The number of carbonyl (C=O) groups is 2. The molecule has 0 bridgehead atoms. The van der Waals surface area contributed by atoms with Gasteiger partial charge in [-0.25, -0.2) is 0 Å². The predicted octanol–water partition coefficient (Wildman–Crippen LogP) is 2.35. The third kappa shape index (κ3) is 4.29. The molecule has 144 valence electrons. The van der Waals surface area contributed by atoms with Crippen LogP contribution in [0, 0.1) is 0 Å². The zero-order valence-corrected chi connectivity index (χ0v) is 15.4. The fraction of sp³-hybridized carbons (Fsp3) is 0.150. The summed E-state index contributed by atoms with van der Waals surface area (Å²) in [5.41, 5.74) is 0.391. The molecule has 0 radical (unpaired) electrons. The Hall–Kier alpha value is -3.81. The van der Waals surface area contributed by atoms with E-state index in [4.69, 9.17) is 9.15 Å². The Labute approximate surface area is 160 Å². The molecule has 2 N–H and O–H groups in total. The van der Waals surface area contributed by atoms with Crippen molar-refractivity contribution in [2.24, 2.45) is 0 Å². The standard InChI is InChI=1S/C20H19N3O5/c1-23(12-18(24)21-13-5-3-6-14(11-13)27-2)20(26)15-8-9-16(22-19(15)25)17-7-4-10-28-17/h3-11H,12H2,1-2H3,(H,21,24)(H,22,25). The molecule has 0 saturated carbocycles. The number of benzene rings is 1. The first kappa shape index (κ1) is 19.0. The van der Waals surface area contributed by atoms with Crippen LogP contribution >= 0.6 is 0 Å². The second-order valence-electron chi connectivity index (χ2n) is 6.03. The maximum Gasteiger partial charge on any atom is 0.261 e. The zero-order chi connectivity index (χ0) is 20.1. The number of likely N-dealkylation sites (N-methyl/N-ethyl adjacent to an activating group) is 1. The first-order valence-corrected chi connectivity index (χ1v) is 8.44. The lowest BCUT2D eigenvalue weighted by atomic mass is 10.2. The molecule has 28 heavy (non-hydrogen) atoms. The van der Waals surface area contributed by atoms with Crippen LogP contribution in [0.15, 0.2) is 64.0 Å². The first-order chi connectivity index (χ1) is 13.5. The highest BCUT2D eigenvalue weighted by Gasteiger charge is 2.19. The fourth-order valence-electron chi connectivity index (χ4n) is 2.61. The van der Waals surface area contributed by atoms with Crippen LogP contribution < -0.4 is 15.6 Å². The number of hydrogen-bond acceptors (Lipinski definition) is 5. The molecule has 0 unspecified atom stereocenters. The van der Waals surface area contributed by atoms with E-state index in [1.165, 1.54) is 31.4 Å². The number of ether oxygens (including phenoxy) is 1. The number of H-pyrrole nitrogens is 1. The van der Waals surface area contributed by atoms with Gasteiger partial charge in [0.15, 0.2) is 0 Å². The van der Waals surface area contributed by atoms with E-state index in [0.29, 0.717) is 22.9 Å². The number of nitrogens with zero attached hydrogens (tertiary/aromatic N) is 1. The molecule has 0 fully saturated rings. The number of carbonyl (C=O) groups excluding carboxylic acids is 2. The van der Waals surface area contributed by atoms with Crippen molar-refractivity contribution in [2.75, 3.05) is 26.0 Å². The van der Waals surface area contributed by atoms with E-state index >= 15 is 0 Å². The fourth-order valence-corrected chi connectivity index (χ4v) is 2.61. The van der Waals surface area contributed by atoms with Crippen LogP contribution in [-0.4, -0.2) is 42.4 Å². The first-order valence-electron chi connectivity index (χ1n) is 8.44. The van der Waals surface area contributed by atoms with Gasteiger partial charge in [0.25, 0.3) is 11.5 Å². The van der Waals surface area contributed by atoms with Gasteiger partial charge in [0.2, 0.25) is 5.91 Å². The summed E-state index contributed by atoms with van der Waals surface area (Å²) in [5, 5.41) is 2.68. The number of nitrogens with one attached hydrogen (secondary N) is 2. The summed E-state index contributed by atoms with van der Waals surface area (Å²) >= 11 is 0. The maximum atomic E-state index is 12.5. The number of amides is 2. The second kappa shape index (κ2) is 8.26. The lowest BCUT2D eigenvalue weighted by Crippen LogP contribution is -2.37. The Balaban J connectivity index is 1.67. The number of methoxy groups -OCH3 is 1. The molecule has 0 aliphatic rings. The summed E-state index contributed by atoms with van der Waals surface area (Å²) < 4.78 is 10.3. The molecule has 2 aromatic heterocycles. The van der Waals surface area contributed by atoms with Crippen LogP contribution in [0.3, 0.4) is 0 Å². The van der Waals surface area contributed by atoms with Crippen LogP contribution in [0.4, 0.5) is 5.69 Å². The summed E-state index contributed by atoms with van der Waals surface area (Å²) in [7, 11) is 2.98. The molecule has 0 saturated heterocycles. The third-order valence-electron chi connectivity index (χ3n) is 4.01. The summed E-state index contributed by atoms with van der Waals surface area (Å²) in [6.07, 6.45) is 1.49. The minimum Gasteiger partial charge on any atom is -0.497 e. The number of furan rings is 1. The molecule has 2 heterocycles. The minimum atomic E-state index is -0.562. The summed E-state index contributed by atoms with van der Waals surface area (Å²) in [6, 6.07) is 13.3. The van der Waals surface area contributed by atoms with Crippen LogP contribution in [0.25, 0.3) is 11.5 Å². The van der Waals surface area contributed by atoms with Gasteiger partial charge in [-0.05, 0) is 36.4 Å². The van der Waals surface area contributed by atoms with Crippen molar-refractivity contribution in [3.63, 3.8) is 0 Å². The number of aromatic nitrogens is 1. The average molecular weight is 381 g/mol. The highest BCUT2D eigenvalue weighted by molar-refractivity contribution is 5.99. The summed E-state index contributed by atoms with van der Waals surface area (Å²) in [4.78, 5) is 40.8. The lowest BCUT2D eigenvalue weighted by Gasteiger charge is -2.16. The molecule has 0 spiro atoms. The Kier molecular flexibility index (Phi) is 5.59. The van der Waals surface area contributed by atoms with E-state index in [1.54, 1.807) is 42.5 Å². The van der Waals surface area contributed by atoms with Crippen LogP contribution in [0.1, 0.15) is 10.4 Å². The van der Waals surface area contributed by atoms with Crippen molar-refractivity contribution in [2.45, 2.75) is 0 Å². The van der Waals surface area contributed by atoms with Gasteiger partial charge in [-0.1, -0.05) is 6.07 Å². The minimum absolute atomic E-state index is 0.0630. The normalized spacial score (nSPS) is 10.4. The SMILES string of the molecule is COc1cccc(NC(=O)CN(C)C(=O)c2ccc(-c3ccco3)[nH]c2=O)c1. The monoisotopic (exact) mass is 381 g/mol. The van der Waals surface area contributed by atoms with Crippen molar-refractivity contribution >= 4 is 17.5 Å². The number of rotatable bonds is 6. The highest BCUT2D eigenvalue weighted by Crippen LogP contribution is 2.17. The van der Waals surface area contributed by atoms with Gasteiger partial charge in [0, 0.05) is 18.8 Å². The summed E-state index contributed by atoms with van der Waals surface area (Å²) in [5.74, 6) is 0.133. The van der Waals surface area contributed by atoms with Gasteiger partial charge >= 0.3 is 0 Å². The predicted molar refractivity (Wildman–Crippen MR) is 103 cm³/mol. The quantitative estimate of drug-likeness (QED) is 0.682. The Morgan fingerprint density at radius 3 is 2.68 bits per heavy atom. The van der Waals surface area contributed by atoms with E-state index in [0.717, 1.165) is 0 Å². The molecule has 0 atom stereocenters. The molecule has 3 rings (SSSR count). The Morgan fingerprint density at radius 1 is 1.18 bits per heavy atom. The van der Waals surface area contributed by atoms with Crippen molar-refractivity contribution in [1.29, 1.82) is 0 Å². The number of pyridine rings is 1. The van der Waals surface area contributed by atoms with Crippen LogP contribution in [0.2, 0.25) is 0 Å². The molecular formula is C20H19N3O5. The third-order valence-corrected chi connectivity index (χ3v) is 4.01. The maximum absolute atomic E-state index is 12.5. The van der Waals surface area contributed by atoms with Crippen molar-refractivity contribution in [1.82, 2.24) is 9.88 Å². The van der Waals surface area contributed by atoms with Gasteiger partial charge in [-0.15, -0.1) is 0 Å². The Morgan fingerprint density at radius 2 is 2.00 bits per heavy atom. The molecule has 0 aliphatic heterocycles. The van der Waals surface area contributed by atoms with Gasteiger partial charge in [0.1, 0.15) is 17.1 Å². The lowest BCUT2D eigenvalue weighted by molar-refractivity contribution is -0.116. The van der Waals surface area contributed by atoms with Crippen molar-refractivity contribution in [3.05, 3.63) is 70.7 Å². The number of hydrogen-bond donors (Lipinski definition) is 2. The smallest absolute Gasteiger partial charge is 0.261 e. The molecular weight excluding hydrogens is 362 g/mol. The van der Waals surface area contributed by atoms with Crippen LogP contribution in [0.5, 0.6) is 5.75 Å². The van der Waals surface area contributed by atoms with E-state index in [1.807, 2.05) is 0 Å². The topological polar surface area (TPSA) is 105 Å². The number of aromatic amines is 1. The van der Waals surface area contributed by atoms with Crippen molar-refractivity contribution in [3.8, 4) is 17.2 Å². The molecule has 0 aliphatic carbocycles. The van der Waals surface area contributed by atoms with E-state index in [9.17, 15) is 14.4 Å².